The molecule has 0 aliphatic carbocycles. The first-order valence-electron chi connectivity index (χ1n) is 12.1. The summed E-state index contributed by atoms with van der Waals surface area (Å²) < 4.78 is 1.44. The third kappa shape index (κ3) is 9.14. The van der Waals surface area contributed by atoms with Crippen molar-refractivity contribution in [2.75, 3.05) is 0 Å². The molecule has 0 spiro atoms. The Kier molecular flexibility index (Phi) is 11.8. The first-order valence-corrected chi connectivity index (χ1v) is 13.9. The Labute approximate surface area is 231 Å². The molecule has 0 bridgehead atoms. The predicted octanol–water partition coefficient (Wildman–Crippen LogP) is 8.06. The fraction of sp³-hybridized carbons (Fsp3) is 0.467. The molecule has 0 aliphatic heterocycles. The van der Waals surface area contributed by atoms with Gasteiger partial charge in [-0.25, -0.2) is 0 Å². The monoisotopic (exact) mass is 719 g/mol. The molecule has 193 valence electrons. The number of carbonyl (C=O) groups is 1. The van der Waals surface area contributed by atoms with Crippen molar-refractivity contribution >= 4 is 29.9 Å². The fourth-order valence-electron chi connectivity index (χ4n) is 3.44. The summed E-state index contributed by atoms with van der Waals surface area (Å²) in [7, 11) is 0. The van der Waals surface area contributed by atoms with Crippen molar-refractivity contribution in [3.05, 3.63) is 64.4 Å². The number of hydrogen-bond acceptors (Lipinski definition) is 3. The van der Waals surface area contributed by atoms with E-state index in [1.54, 1.807) is 0 Å². The van der Waals surface area contributed by atoms with Gasteiger partial charge in [0.25, 0.3) is 0 Å². The molecular weight excluding hydrogens is 678 g/mol. The summed E-state index contributed by atoms with van der Waals surface area (Å²) in [5.74, 6) is 0.740. The standard InChI is InChI=1S/C19H20NSe.C11H20O2.Ir/c1-4-14(5-2)16-8-13(3)9-17(10-16)18-11-19-15(12-20-18)6-7-21-19;1-10(2,3)8(12)7-9(13)11(4,5)6;/h6-8,10-12,14H,4-5H2,1-3H3;7,12H,1-6H3;/q-1;;/b;8-7-;. The van der Waals surface area contributed by atoms with Crippen molar-refractivity contribution in [3.63, 3.8) is 0 Å². The molecule has 0 fully saturated rings. The number of hydrogen-bond donors (Lipinski definition) is 1. The molecule has 0 saturated heterocycles. The predicted molar refractivity (Wildman–Crippen MR) is 146 cm³/mol. The van der Waals surface area contributed by atoms with E-state index >= 15 is 0 Å². The van der Waals surface area contributed by atoms with Crippen molar-refractivity contribution in [3.8, 4) is 11.3 Å². The van der Waals surface area contributed by atoms with Crippen LogP contribution >= 0.6 is 0 Å². The number of benzene rings is 1. The van der Waals surface area contributed by atoms with E-state index in [4.69, 9.17) is 0 Å². The molecule has 0 amide bonds. The molecule has 35 heavy (non-hydrogen) atoms. The van der Waals surface area contributed by atoms with Gasteiger partial charge >= 0.3 is 133 Å². The summed E-state index contributed by atoms with van der Waals surface area (Å²) in [6.07, 6.45) is 5.71. The smallest absolute Gasteiger partial charge is 0 e. The van der Waals surface area contributed by atoms with Gasteiger partial charge in [-0.05, 0) is 0 Å². The number of aliphatic hydroxyl groups excluding tert-OH is 1. The van der Waals surface area contributed by atoms with Gasteiger partial charge in [0, 0.05) is 37.0 Å². The summed E-state index contributed by atoms with van der Waals surface area (Å²) in [6.45, 7) is 17.8. The van der Waals surface area contributed by atoms with E-state index in [1.165, 1.54) is 39.7 Å². The second kappa shape index (κ2) is 13.2. The molecule has 5 heteroatoms. The van der Waals surface area contributed by atoms with Gasteiger partial charge in [0.2, 0.25) is 0 Å². The van der Waals surface area contributed by atoms with Gasteiger partial charge in [0.15, 0.2) is 5.78 Å². The number of aliphatic hydroxyl groups is 1. The number of fused-ring (bicyclic) bond motifs is 1. The zero-order valence-electron chi connectivity index (χ0n) is 22.6. The SMILES string of the molecule is CC(C)(C)C(=O)/C=C(\O)C(C)(C)C.CCC(CC)c1cc(C)[c-]c(-c2cc3[se]ccc3cn2)c1.[Ir]. The minimum atomic E-state index is -0.417. The van der Waals surface area contributed by atoms with Crippen LogP contribution in [0, 0.1) is 23.8 Å². The summed E-state index contributed by atoms with van der Waals surface area (Å²) in [6, 6.07) is 12.5. The van der Waals surface area contributed by atoms with Crippen molar-refractivity contribution < 1.29 is 30.0 Å². The zero-order valence-corrected chi connectivity index (χ0v) is 26.7. The van der Waals surface area contributed by atoms with Gasteiger partial charge < -0.3 is 5.11 Å². The van der Waals surface area contributed by atoms with E-state index in [-0.39, 0.29) is 37.1 Å². The Balaban J connectivity index is 0.000000383. The van der Waals surface area contributed by atoms with Crippen LogP contribution in [-0.4, -0.2) is 30.4 Å². The molecule has 0 unspecified atom stereocenters. The van der Waals surface area contributed by atoms with Crippen LogP contribution in [0.1, 0.15) is 85.3 Å². The number of pyridine rings is 1. The molecule has 3 nitrogen and oxygen atoms in total. The van der Waals surface area contributed by atoms with Gasteiger partial charge in [-0.2, -0.15) is 0 Å². The van der Waals surface area contributed by atoms with Crippen LogP contribution in [-0.2, 0) is 24.9 Å². The van der Waals surface area contributed by atoms with E-state index < -0.39 is 5.41 Å². The van der Waals surface area contributed by atoms with Crippen molar-refractivity contribution in [1.29, 1.82) is 0 Å². The number of ketones is 1. The fourth-order valence-corrected chi connectivity index (χ4v) is 5.11. The summed E-state index contributed by atoms with van der Waals surface area (Å²) in [5.41, 5.74) is 4.08. The van der Waals surface area contributed by atoms with E-state index in [1.807, 2.05) is 47.7 Å². The molecule has 1 N–H and O–H groups in total. The van der Waals surface area contributed by atoms with E-state index in [0.717, 1.165) is 11.3 Å². The number of nitrogens with zero attached hydrogens (tertiary/aromatic N) is 1. The molecule has 2 aromatic heterocycles. The van der Waals surface area contributed by atoms with Gasteiger partial charge in [-0.3, -0.25) is 4.79 Å². The third-order valence-corrected chi connectivity index (χ3v) is 7.72. The number of aryl methyl sites for hydroxylation is 1. The minimum Gasteiger partial charge on any atom is 0 e. The average molecular weight is 718 g/mol. The molecule has 3 aromatic rings. The quantitative estimate of drug-likeness (QED) is 0.126. The average Bonchev–Trinajstić information content (AvgIpc) is 3.21. The van der Waals surface area contributed by atoms with Crippen molar-refractivity contribution in [2.24, 2.45) is 10.8 Å². The summed E-state index contributed by atoms with van der Waals surface area (Å²) in [4.78, 5) is 18.4. The van der Waals surface area contributed by atoms with Crippen LogP contribution in [0.3, 0.4) is 0 Å². The number of carbonyl (C=O) groups excluding carboxylic acids is 1. The Morgan fingerprint density at radius 1 is 1.09 bits per heavy atom. The normalized spacial score (nSPS) is 12.2. The van der Waals surface area contributed by atoms with Crippen LogP contribution in [0.2, 0.25) is 0 Å². The number of rotatable bonds is 5. The van der Waals surface area contributed by atoms with E-state index in [2.05, 4.69) is 61.0 Å². The van der Waals surface area contributed by atoms with E-state index in [9.17, 15) is 9.90 Å². The van der Waals surface area contributed by atoms with Crippen molar-refractivity contribution in [1.82, 2.24) is 4.98 Å². The van der Waals surface area contributed by atoms with Crippen LogP contribution in [0.5, 0.6) is 0 Å². The largest absolute Gasteiger partial charge is 0 e. The van der Waals surface area contributed by atoms with Gasteiger partial charge in [-0.1, -0.05) is 41.5 Å². The maximum Gasteiger partial charge on any atom is 0 e. The number of allylic oxidation sites excluding steroid dienone is 2. The molecule has 1 aromatic carbocycles. The van der Waals surface area contributed by atoms with Gasteiger partial charge in [0.05, 0.1) is 0 Å². The van der Waals surface area contributed by atoms with Crippen LogP contribution in [0.25, 0.3) is 20.9 Å². The second-order valence-electron chi connectivity index (χ2n) is 10.9. The van der Waals surface area contributed by atoms with Crippen LogP contribution < -0.4 is 0 Å². The second-order valence-corrected chi connectivity index (χ2v) is 12.9. The Morgan fingerprint density at radius 2 is 1.71 bits per heavy atom. The molecule has 1 radical (unpaired) electrons. The molecule has 0 atom stereocenters. The maximum atomic E-state index is 11.5. The van der Waals surface area contributed by atoms with Crippen molar-refractivity contribution in [2.45, 2.75) is 81.1 Å². The first-order chi connectivity index (χ1) is 15.8. The molecular formula is C30H40IrNO2Se-. The maximum absolute atomic E-state index is 11.5. The Bertz CT molecular complexity index is 1150. The molecule has 2 heterocycles. The number of aromatic nitrogens is 1. The van der Waals surface area contributed by atoms with Gasteiger partial charge in [-0.15, -0.1) is 0 Å². The molecule has 3 rings (SSSR count). The zero-order chi connectivity index (χ0) is 25.7. The topological polar surface area (TPSA) is 50.2 Å². The molecule has 0 aliphatic rings. The first kappa shape index (κ1) is 31.5. The van der Waals surface area contributed by atoms with Crippen LogP contribution in [0.4, 0.5) is 0 Å². The Morgan fingerprint density at radius 3 is 2.26 bits per heavy atom. The van der Waals surface area contributed by atoms with E-state index in [0.29, 0.717) is 20.4 Å². The van der Waals surface area contributed by atoms with Gasteiger partial charge in [0.1, 0.15) is 5.76 Å². The minimum absolute atomic E-state index is 0. The Hall–Kier alpha value is -1.51. The summed E-state index contributed by atoms with van der Waals surface area (Å²) in [5, 5.41) is 10.8. The molecule has 0 saturated carbocycles. The summed E-state index contributed by atoms with van der Waals surface area (Å²) >= 11 is 0.467. The third-order valence-electron chi connectivity index (χ3n) is 5.87. The van der Waals surface area contributed by atoms with Crippen LogP contribution in [0.15, 0.2) is 47.2 Å².